The van der Waals surface area contributed by atoms with E-state index in [0.29, 0.717) is 0 Å². The molecule has 0 unspecified atom stereocenters. The number of thiophene rings is 2. The summed E-state index contributed by atoms with van der Waals surface area (Å²) >= 11 is -0.781. The second-order valence-corrected chi connectivity index (χ2v) is 15.0. The van der Waals surface area contributed by atoms with Crippen LogP contribution in [0.15, 0.2) is 65.9 Å². The van der Waals surface area contributed by atoms with Crippen LogP contribution in [-0.2, 0) is 21.1 Å². The number of ether oxygens (including phenoxy) is 2. The Labute approximate surface area is 172 Å². The van der Waals surface area contributed by atoms with Gasteiger partial charge in [0.1, 0.15) is 0 Å². The maximum atomic E-state index is 6.77. The Morgan fingerprint density at radius 2 is 1.26 bits per heavy atom. The normalized spacial score (nSPS) is 15.6. The van der Waals surface area contributed by atoms with Crippen LogP contribution in [0.5, 0.6) is 21.6 Å². The fourth-order valence-corrected chi connectivity index (χ4v) is 14.0. The molecule has 2 heterocycles. The summed E-state index contributed by atoms with van der Waals surface area (Å²) < 4.78 is 26.8. The van der Waals surface area contributed by atoms with Crippen LogP contribution in [0.2, 0.25) is 0 Å². The zero-order chi connectivity index (χ0) is 18.7. The third kappa shape index (κ3) is 3.86. The van der Waals surface area contributed by atoms with Crippen LogP contribution in [0.3, 0.4) is 0 Å². The van der Waals surface area contributed by atoms with Crippen molar-refractivity contribution in [3.8, 4) is 21.6 Å². The van der Waals surface area contributed by atoms with E-state index in [1.165, 1.54) is 6.56 Å². The average Bonchev–Trinajstić information content (AvgIpc) is 3.49. The maximum absolute atomic E-state index is 6.77. The molecule has 4 nitrogen and oxygen atoms in total. The molecule has 140 valence electrons. The molecule has 2 aromatic rings. The molecule has 27 heavy (non-hydrogen) atoms. The predicted molar refractivity (Wildman–Crippen MR) is 107 cm³/mol. The van der Waals surface area contributed by atoms with E-state index in [2.05, 4.69) is 36.5 Å². The Kier molecular flexibility index (Phi) is 5.72. The Hall–Kier alpha value is -1.56. The van der Waals surface area contributed by atoms with Crippen LogP contribution in [0.1, 0.15) is 12.8 Å². The van der Waals surface area contributed by atoms with Crippen molar-refractivity contribution in [1.82, 2.24) is 0 Å². The minimum absolute atomic E-state index is 0.810. The Morgan fingerprint density at radius 3 is 1.59 bits per heavy atom. The molecule has 0 fully saturated rings. The first kappa shape index (κ1) is 18.8. The van der Waals surface area contributed by atoms with Crippen molar-refractivity contribution < 1.29 is 36.2 Å². The van der Waals surface area contributed by atoms with Crippen molar-refractivity contribution in [3.63, 3.8) is 0 Å². The second kappa shape index (κ2) is 8.21. The zero-order valence-corrected chi connectivity index (χ0v) is 19.2. The van der Waals surface area contributed by atoms with E-state index in [0.717, 1.165) is 34.5 Å². The Morgan fingerprint density at radius 1 is 0.778 bits per heavy atom. The summed E-state index contributed by atoms with van der Waals surface area (Å²) in [7, 11) is 3.34. The monoisotopic (exact) mass is 478 g/mol. The third-order valence-corrected chi connectivity index (χ3v) is 15.2. The summed E-state index contributed by atoms with van der Waals surface area (Å²) in [6.07, 6.45) is 14.6. The first-order chi connectivity index (χ1) is 13.2. The number of methoxy groups -OCH3 is 2. The van der Waals surface area contributed by atoms with Gasteiger partial charge in [-0.05, 0) is 0 Å². The Bertz CT molecular complexity index is 859. The van der Waals surface area contributed by atoms with Gasteiger partial charge in [0.25, 0.3) is 0 Å². The number of hydrogen-bond donors (Lipinski definition) is 0. The Balaban J connectivity index is 1.75. The molecule has 0 saturated heterocycles. The number of allylic oxidation sites excluding steroid dienone is 8. The van der Waals surface area contributed by atoms with Gasteiger partial charge in [-0.3, -0.25) is 0 Å². The fourth-order valence-electron chi connectivity index (χ4n) is 3.08. The molecule has 0 radical (unpaired) electrons. The molecule has 2 aliphatic carbocycles. The number of hydrogen-bond acceptors (Lipinski definition) is 6. The summed E-state index contributed by atoms with van der Waals surface area (Å²) in [5.41, 5.74) is 0. The van der Waals surface area contributed by atoms with E-state index in [1.807, 2.05) is 22.9 Å². The summed E-state index contributed by atoms with van der Waals surface area (Å²) in [6.45, 7) is 0. The summed E-state index contributed by atoms with van der Waals surface area (Å²) in [5.74, 6) is 1.62. The molecule has 0 amide bonds. The van der Waals surface area contributed by atoms with E-state index < -0.39 is 21.1 Å². The van der Waals surface area contributed by atoms with E-state index in [1.54, 1.807) is 36.9 Å². The predicted octanol–water partition coefficient (Wildman–Crippen LogP) is 5.96. The van der Waals surface area contributed by atoms with Gasteiger partial charge in [0.05, 0.1) is 0 Å². The van der Waals surface area contributed by atoms with Crippen LogP contribution >= 0.6 is 22.7 Å². The molecule has 0 aromatic carbocycles. The van der Waals surface area contributed by atoms with Gasteiger partial charge in [0.15, 0.2) is 0 Å². The standard InChI is InChI=1S/2C5H6O2S.2C5H5.Zr/c2*1-7-4-2-5(6)8-3-4;2*1-2-4-5-3-1;/h2*2-3,6H,1H3;2*1-3H,4H2;/q;;;;+2/p-2. The van der Waals surface area contributed by atoms with Crippen LogP contribution in [0.25, 0.3) is 0 Å². The third-order valence-electron chi connectivity index (χ3n) is 4.45. The topological polar surface area (TPSA) is 36.9 Å². The van der Waals surface area contributed by atoms with Crippen molar-refractivity contribution in [3.05, 3.63) is 65.9 Å². The van der Waals surface area contributed by atoms with Crippen molar-refractivity contribution in [1.29, 1.82) is 0 Å². The van der Waals surface area contributed by atoms with Gasteiger partial charge in [0, 0.05) is 0 Å². The second-order valence-electron chi connectivity index (χ2n) is 6.08. The molecule has 2 aromatic heterocycles. The first-order valence-corrected chi connectivity index (χ1v) is 14.8. The van der Waals surface area contributed by atoms with Gasteiger partial charge < -0.3 is 0 Å². The van der Waals surface area contributed by atoms with Crippen LogP contribution in [0, 0.1) is 0 Å². The molecule has 0 N–H and O–H groups in total. The van der Waals surface area contributed by atoms with E-state index >= 15 is 0 Å². The van der Waals surface area contributed by atoms with Gasteiger partial charge in [-0.25, -0.2) is 0 Å². The molecule has 4 rings (SSSR count). The van der Waals surface area contributed by atoms with Crippen LogP contribution in [-0.4, -0.2) is 14.2 Å². The van der Waals surface area contributed by atoms with Gasteiger partial charge in [-0.2, -0.15) is 0 Å². The summed E-state index contributed by atoms with van der Waals surface area (Å²) in [5, 5.41) is 5.60. The van der Waals surface area contributed by atoms with Crippen molar-refractivity contribution in [2.75, 3.05) is 14.2 Å². The molecular formula is C20H20O4S2Zr. The van der Waals surface area contributed by atoms with E-state index in [9.17, 15) is 0 Å². The average molecular weight is 480 g/mol. The van der Waals surface area contributed by atoms with Gasteiger partial charge in [0.2, 0.25) is 0 Å². The first-order valence-electron chi connectivity index (χ1n) is 8.59. The van der Waals surface area contributed by atoms with E-state index in [4.69, 9.17) is 15.1 Å². The fraction of sp³-hybridized carbons (Fsp3) is 0.200. The molecule has 0 bridgehead atoms. The zero-order valence-electron chi connectivity index (χ0n) is 15.1. The molecular weight excluding hydrogens is 460 g/mol. The molecule has 7 heteroatoms. The van der Waals surface area contributed by atoms with Crippen molar-refractivity contribution >= 4 is 22.7 Å². The quantitative estimate of drug-likeness (QED) is 0.468. The summed E-state index contributed by atoms with van der Waals surface area (Å²) in [6, 6.07) is 3.89. The molecule has 2 aliphatic rings. The molecule has 0 atom stereocenters. The molecule has 0 saturated carbocycles. The summed E-state index contributed by atoms with van der Waals surface area (Å²) in [4.78, 5) is 0. The van der Waals surface area contributed by atoms with Crippen LogP contribution < -0.4 is 15.1 Å². The molecule has 0 spiro atoms. The van der Waals surface area contributed by atoms with Gasteiger partial charge in [-0.15, -0.1) is 0 Å². The number of rotatable bonds is 8. The van der Waals surface area contributed by atoms with Crippen molar-refractivity contribution in [2.24, 2.45) is 0 Å². The SMILES string of the molecule is COc1csc([O][Zr]([O]c2cc(OC)cs2)([C]2=CC=CC2)[C]2=CC=CC2)c1. The molecule has 0 aliphatic heterocycles. The van der Waals surface area contributed by atoms with Crippen molar-refractivity contribution in [2.45, 2.75) is 12.8 Å². The van der Waals surface area contributed by atoms with Gasteiger partial charge >= 0.3 is 174 Å². The van der Waals surface area contributed by atoms with Gasteiger partial charge in [-0.1, -0.05) is 0 Å². The van der Waals surface area contributed by atoms with Crippen LogP contribution in [0.4, 0.5) is 0 Å². The minimum atomic E-state index is -3.88. The van der Waals surface area contributed by atoms with E-state index in [-0.39, 0.29) is 0 Å².